The lowest BCUT2D eigenvalue weighted by Crippen LogP contribution is -2.39. The molecule has 0 bridgehead atoms. The van der Waals surface area contributed by atoms with E-state index in [9.17, 15) is 9.59 Å². The van der Waals surface area contributed by atoms with E-state index < -0.39 is 0 Å². The number of aromatic amines is 2. The van der Waals surface area contributed by atoms with E-state index in [1.807, 2.05) is 41.3 Å². The molecule has 3 heterocycles. The molecule has 0 radical (unpaired) electrons. The highest BCUT2D eigenvalue weighted by molar-refractivity contribution is 5.98. The first-order valence-electron chi connectivity index (χ1n) is 8.13. The third kappa shape index (κ3) is 2.71. The van der Waals surface area contributed by atoms with Crippen LogP contribution in [0, 0.1) is 0 Å². The van der Waals surface area contributed by atoms with Gasteiger partial charge >= 0.3 is 5.69 Å². The summed E-state index contributed by atoms with van der Waals surface area (Å²) >= 11 is 0. The summed E-state index contributed by atoms with van der Waals surface area (Å²) < 4.78 is 0. The number of likely N-dealkylation sites (tertiary alicyclic amines) is 1. The highest BCUT2D eigenvalue weighted by Gasteiger charge is 2.26. The van der Waals surface area contributed by atoms with Crippen LogP contribution in [0.25, 0.3) is 10.9 Å². The molecule has 1 atom stereocenters. The summed E-state index contributed by atoms with van der Waals surface area (Å²) in [5.74, 6) is 0.148. The van der Waals surface area contributed by atoms with Crippen LogP contribution in [-0.4, -0.2) is 38.8 Å². The van der Waals surface area contributed by atoms with Crippen LogP contribution in [0.5, 0.6) is 0 Å². The van der Waals surface area contributed by atoms with Crippen molar-refractivity contribution in [3.8, 4) is 0 Å². The number of aromatic nitrogens is 3. The number of benzene rings is 1. The molecule has 3 aromatic rings. The van der Waals surface area contributed by atoms with Gasteiger partial charge in [-0.1, -0.05) is 18.2 Å². The lowest BCUT2D eigenvalue weighted by atomic mass is 9.94. The number of nitrogens with one attached hydrogen (secondary N) is 2. The Morgan fingerprint density at radius 3 is 2.92 bits per heavy atom. The summed E-state index contributed by atoms with van der Waals surface area (Å²) in [6, 6.07) is 11.6. The van der Waals surface area contributed by atoms with Crippen molar-refractivity contribution in [1.82, 2.24) is 19.9 Å². The van der Waals surface area contributed by atoms with E-state index >= 15 is 0 Å². The highest BCUT2D eigenvalue weighted by atomic mass is 16.2. The van der Waals surface area contributed by atoms with Crippen LogP contribution >= 0.6 is 0 Å². The Balaban J connectivity index is 1.57. The maximum Gasteiger partial charge on any atom is 0.345 e. The number of hydrogen-bond donors (Lipinski definition) is 2. The second-order valence-corrected chi connectivity index (χ2v) is 6.19. The molecule has 1 amide bonds. The van der Waals surface area contributed by atoms with Crippen molar-refractivity contribution >= 4 is 16.8 Å². The van der Waals surface area contributed by atoms with Crippen molar-refractivity contribution < 1.29 is 4.79 Å². The predicted octanol–water partition coefficient (Wildman–Crippen LogP) is 2.27. The average molecular weight is 322 g/mol. The minimum Gasteiger partial charge on any atom is -0.351 e. The van der Waals surface area contributed by atoms with E-state index in [0.29, 0.717) is 12.2 Å². The van der Waals surface area contributed by atoms with E-state index in [0.717, 1.165) is 36.0 Å². The molecule has 1 aliphatic heterocycles. The number of H-pyrrole nitrogens is 2. The molecule has 24 heavy (non-hydrogen) atoms. The minimum atomic E-state index is -0.341. The van der Waals surface area contributed by atoms with Crippen LogP contribution in [0.1, 0.15) is 34.9 Å². The van der Waals surface area contributed by atoms with Crippen LogP contribution in [-0.2, 0) is 0 Å². The van der Waals surface area contributed by atoms with Crippen LogP contribution in [0.3, 0.4) is 0 Å². The van der Waals surface area contributed by atoms with Crippen LogP contribution in [0.2, 0.25) is 0 Å². The molecular formula is C18H18N4O2. The van der Waals surface area contributed by atoms with Crippen molar-refractivity contribution in [1.29, 1.82) is 0 Å². The van der Waals surface area contributed by atoms with Crippen LogP contribution in [0.15, 0.2) is 47.4 Å². The Kier molecular flexibility index (Phi) is 3.65. The molecule has 1 fully saturated rings. The number of amides is 1. The topological polar surface area (TPSA) is 81.8 Å². The van der Waals surface area contributed by atoms with Crippen molar-refractivity contribution in [2.45, 2.75) is 18.8 Å². The number of para-hydroxylation sites is 1. The standard InChI is InChI=1S/C18H18N4O2/c23-17(16-10-12-4-1-2-6-14(12)20-16)22-9-3-5-13(11-22)15-7-8-19-18(24)21-15/h1-2,4,6-8,10,13,20H,3,5,9,11H2,(H,19,21,24)/t13-/m0/s1. The average Bonchev–Trinajstić information content (AvgIpc) is 3.05. The van der Waals surface area contributed by atoms with Crippen molar-refractivity contribution in [3.63, 3.8) is 0 Å². The zero-order valence-corrected chi connectivity index (χ0v) is 13.2. The molecule has 6 nitrogen and oxygen atoms in total. The largest absolute Gasteiger partial charge is 0.351 e. The fourth-order valence-corrected chi connectivity index (χ4v) is 3.40. The Morgan fingerprint density at radius 1 is 1.21 bits per heavy atom. The van der Waals surface area contributed by atoms with Crippen LogP contribution in [0.4, 0.5) is 0 Å². The van der Waals surface area contributed by atoms with Gasteiger partial charge in [0.05, 0.1) is 0 Å². The number of carbonyl (C=O) groups excluding carboxylic acids is 1. The van der Waals surface area contributed by atoms with E-state index in [-0.39, 0.29) is 17.5 Å². The maximum atomic E-state index is 12.8. The summed E-state index contributed by atoms with van der Waals surface area (Å²) in [5.41, 5.74) is 2.09. The Bertz CT molecular complexity index is 910. The smallest absolute Gasteiger partial charge is 0.345 e. The normalized spacial score (nSPS) is 18.0. The van der Waals surface area contributed by atoms with E-state index in [4.69, 9.17) is 0 Å². The van der Waals surface area contributed by atoms with Crippen molar-refractivity contribution in [3.05, 3.63) is 64.5 Å². The number of fused-ring (bicyclic) bond motifs is 1. The van der Waals surface area contributed by atoms with Crippen LogP contribution < -0.4 is 5.69 Å². The van der Waals surface area contributed by atoms with E-state index in [2.05, 4.69) is 15.0 Å². The molecule has 1 saturated heterocycles. The number of nitrogens with zero attached hydrogens (tertiary/aromatic N) is 2. The second-order valence-electron chi connectivity index (χ2n) is 6.19. The molecule has 1 aliphatic rings. The van der Waals surface area contributed by atoms with Crippen molar-refractivity contribution in [2.75, 3.05) is 13.1 Å². The van der Waals surface area contributed by atoms with Gasteiger partial charge in [0.2, 0.25) is 0 Å². The molecule has 2 aromatic heterocycles. The zero-order valence-electron chi connectivity index (χ0n) is 13.2. The third-order valence-corrected chi connectivity index (χ3v) is 4.61. The first-order chi connectivity index (χ1) is 11.7. The predicted molar refractivity (Wildman–Crippen MR) is 91.0 cm³/mol. The third-order valence-electron chi connectivity index (χ3n) is 4.61. The van der Waals surface area contributed by atoms with Gasteiger partial charge in [0.15, 0.2) is 0 Å². The van der Waals surface area contributed by atoms with Gasteiger partial charge in [-0.15, -0.1) is 0 Å². The lowest BCUT2D eigenvalue weighted by molar-refractivity contribution is 0.0701. The summed E-state index contributed by atoms with van der Waals surface area (Å²) in [6.07, 6.45) is 3.39. The quantitative estimate of drug-likeness (QED) is 0.759. The monoisotopic (exact) mass is 322 g/mol. The molecule has 0 aliphatic carbocycles. The number of piperidine rings is 1. The van der Waals surface area contributed by atoms with Gasteiger partial charge in [0.1, 0.15) is 5.69 Å². The number of hydrogen-bond acceptors (Lipinski definition) is 3. The van der Waals surface area contributed by atoms with Gasteiger partial charge in [-0.05, 0) is 31.0 Å². The number of rotatable bonds is 2. The fourth-order valence-electron chi connectivity index (χ4n) is 3.40. The maximum absolute atomic E-state index is 12.8. The van der Waals surface area contributed by atoms with Crippen molar-refractivity contribution in [2.24, 2.45) is 0 Å². The Hall–Kier alpha value is -2.89. The summed E-state index contributed by atoms with van der Waals surface area (Å²) in [4.78, 5) is 35.7. The highest BCUT2D eigenvalue weighted by Crippen LogP contribution is 2.26. The van der Waals surface area contributed by atoms with Gasteiger partial charge in [0, 0.05) is 41.8 Å². The number of carbonyl (C=O) groups is 1. The summed E-state index contributed by atoms with van der Waals surface area (Å²) in [6.45, 7) is 1.34. The second kappa shape index (κ2) is 5.96. The molecule has 6 heteroatoms. The molecule has 2 N–H and O–H groups in total. The molecule has 0 spiro atoms. The first-order valence-corrected chi connectivity index (χ1v) is 8.13. The molecular weight excluding hydrogens is 304 g/mol. The molecule has 0 unspecified atom stereocenters. The summed E-state index contributed by atoms with van der Waals surface area (Å²) in [7, 11) is 0. The van der Waals surface area contributed by atoms with Gasteiger partial charge in [-0.2, -0.15) is 0 Å². The molecule has 1 aromatic carbocycles. The Morgan fingerprint density at radius 2 is 2.08 bits per heavy atom. The zero-order chi connectivity index (χ0) is 16.5. The summed E-state index contributed by atoms with van der Waals surface area (Å²) in [5, 5.41) is 1.04. The minimum absolute atomic E-state index is 0.00676. The fraction of sp³-hybridized carbons (Fsp3) is 0.278. The van der Waals surface area contributed by atoms with Gasteiger partial charge in [0.25, 0.3) is 5.91 Å². The van der Waals surface area contributed by atoms with Gasteiger partial charge in [-0.25, -0.2) is 9.78 Å². The lowest BCUT2D eigenvalue weighted by Gasteiger charge is -2.32. The Labute approximate surface area is 138 Å². The molecule has 4 rings (SSSR count). The van der Waals surface area contributed by atoms with Gasteiger partial charge in [-0.3, -0.25) is 4.79 Å². The molecule has 122 valence electrons. The van der Waals surface area contributed by atoms with E-state index in [1.165, 1.54) is 6.20 Å². The van der Waals surface area contributed by atoms with E-state index in [1.54, 1.807) is 0 Å². The first kappa shape index (κ1) is 14.7. The molecule has 0 saturated carbocycles. The van der Waals surface area contributed by atoms with Gasteiger partial charge < -0.3 is 14.9 Å². The SMILES string of the molecule is O=C(c1cc2ccccc2[nH]1)N1CCC[C@H](c2ccnc(=O)[nH]2)C1.